The molecule has 2 aliphatic heterocycles. The summed E-state index contributed by atoms with van der Waals surface area (Å²) in [6.45, 7) is 3.32. The molecule has 6 heteroatoms. The zero-order chi connectivity index (χ0) is 18.6. The summed E-state index contributed by atoms with van der Waals surface area (Å²) in [6.07, 6.45) is 3.98. The highest BCUT2D eigenvalue weighted by Gasteiger charge is 2.37. The molecular formula is C21H25N3O3. The lowest BCUT2D eigenvalue weighted by molar-refractivity contribution is -0.125. The van der Waals surface area contributed by atoms with Crippen LogP contribution in [0, 0.1) is 0 Å². The van der Waals surface area contributed by atoms with Crippen molar-refractivity contribution in [2.24, 2.45) is 0 Å². The van der Waals surface area contributed by atoms with Crippen molar-refractivity contribution in [1.29, 1.82) is 0 Å². The summed E-state index contributed by atoms with van der Waals surface area (Å²) in [5.74, 6) is 0.0540. The molecule has 0 spiro atoms. The Morgan fingerprint density at radius 3 is 2.70 bits per heavy atom. The first-order chi connectivity index (χ1) is 13.2. The highest BCUT2D eigenvalue weighted by molar-refractivity contribution is 5.96. The summed E-state index contributed by atoms with van der Waals surface area (Å²) >= 11 is 0. The fraction of sp³-hybridized carbons (Fsp3) is 0.429. The zero-order valence-corrected chi connectivity index (χ0v) is 15.3. The molecule has 142 valence electrons. The lowest BCUT2D eigenvalue weighted by Crippen LogP contribution is -2.49. The second-order valence-electron chi connectivity index (χ2n) is 7.35. The lowest BCUT2D eigenvalue weighted by atomic mass is 10.1. The smallest absolute Gasteiger partial charge is 0.290 e. The fourth-order valence-electron chi connectivity index (χ4n) is 4.06. The average Bonchev–Trinajstić information content (AvgIpc) is 3.44. The average molecular weight is 367 g/mol. The van der Waals surface area contributed by atoms with E-state index in [1.807, 2.05) is 6.07 Å². The van der Waals surface area contributed by atoms with E-state index in [4.69, 9.17) is 4.42 Å². The third kappa shape index (κ3) is 4.06. The second kappa shape index (κ2) is 7.96. The van der Waals surface area contributed by atoms with Gasteiger partial charge in [0, 0.05) is 32.2 Å². The van der Waals surface area contributed by atoms with Gasteiger partial charge in [0.15, 0.2) is 5.76 Å². The SMILES string of the molecule is O=C(NC1CCN(Cc2ccccc2)C1)C1CCCN1C(=O)c1ccco1. The van der Waals surface area contributed by atoms with Crippen molar-refractivity contribution in [3.05, 3.63) is 60.1 Å². The van der Waals surface area contributed by atoms with Gasteiger partial charge in [0.1, 0.15) is 6.04 Å². The molecule has 0 aliphatic carbocycles. The quantitative estimate of drug-likeness (QED) is 0.880. The number of hydrogen-bond acceptors (Lipinski definition) is 4. The molecule has 2 aromatic rings. The van der Waals surface area contributed by atoms with Gasteiger partial charge >= 0.3 is 0 Å². The number of benzene rings is 1. The molecule has 0 radical (unpaired) electrons. The topological polar surface area (TPSA) is 65.8 Å². The summed E-state index contributed by atoms with van der Waals surface area (Å²) in [6, 6.07) is 13.5. The molecular weight excluding hydrogens is 342 g/mol. The molecule has 0 bridgehead atoms. The molecule has 1 N–H and O–H groups in total. The van der Waals surface area contributed by atoms with Crippen LogP contribution in [-0.4, -0.2) is 53.3 Å². The van der Waals surface area contributed by atoms with E-state index in [0.29, 0.717) is 18.7 Å². The van der Waals surface area contributed by atoms with E-state index in [2.05, 4.69) is 34.5 Å². The first kappa shape index (κ1) is 17.8. The molecule has 4 rings (SSSR count). The van der Waals surface area contributed by atoms with Crippen LogP contribution < -0.4 is 5.32 Å². The summed E-state index contributed by atoms with van der Waals surface area (Å²) in [5, 5.41) is 3.16. The Bertz CT molecular complexity index is 775. The van der Waals surface area contributed by atoms with Gasteiger partial charge in [-0.15, -0.1) is 0 Å². The Labute approximate surface area is 159 Å². The monoisotopic (exact) mass is 367 g/mol. The van der Waals surface area contributed by atoms with Crippen molar-refractivity contribution in [3.8, 4) is 0 Å². The number of carbonyl (C=O) groups is 2. The Hall–Kier alpha value is -2.60. The van der Waals surface area contributed by atoms with Crippen molar-refractivity contribution in [1.82, 2.24) is 15.1 Å². The van der Waals surface area contributed by atoms with E-state index >= 15 is 0 Å². The number of nitrogens with one attached hydrogen (secondary N) is 1. The summed E-state index contributed by atoms with van der Waals surface area (Å²) in [4.78, 5) is 29.4. The molecule has 2 atom stereocenters. The Morgan fingerprint density at radius 2 is 1.93 bits per heavy atom. The van der Waals surface area contributed by atoms with Crippen LogP contribution in [0.1, 0.15) is 35.4 Å². The van der Waals surface area contributed by atoms with E-state index < -0.39 is 6.04 Å². The first-order valence-corrected chi connectivity index (χ1v) is 9.62. The van der Waals surface area contributed by atoms with Gasteiger partial charge in [-0.3, -0.25) is 14.5 Å². The zero-order valence-electron chi connectivity index (χ0n) is 15.3. The minimum absolute atomic E-state index is 0.0426. The van der Waals surface area contributed by atoms with Crippen LogP contribution in [0.2, 0.25) is 0 Å². The maximum absolute atomic E-state index is 12.8. The van der Waals surface area contributed by atoms with Gasteiger partial charge in [-0.1, -0.05) is 30.3 Å². The van der Waals surface area contributed by atoms with Gasteiger partial charge in [-0.25, -0.2) is 0 Å². The van der Waals surface area contributed by atoms with Crippen LogP contribution in [0.3, 0.4) is 0 Å². The molecule has 2 aliphatic rings. The normalized spacial score (nSPS) is 22.9. The minimum atomic E-state index is -0.397. The maximum atomic E-state index is 12.8. The predicted molar refractivity (Wildman–Crippen MR) is 101 cm³/mol. The highest BCUT2D eigenvalue weighted by atomic mass is 16.3. The maximum Gasteiger partial charge on any atom is 0.290 e. The van der Waals surface area contributed by atoms with Crippen molar-refractivity contribution < 1.29 is 14.0 Å². The number of hydrogen-bond donors (Lipinski definition) is 1. The van der Waals surface area contributed by atoms with Crippen LogP contribution in [0.25, 0.3) is 0 Å². The van der Waals surface area contributed by atoms with E-state index in [-0.39, 0.29) is 17.9 Å². The van der Waals surface area contributed by atoms with Gasteiger partial charge in [-0.2, -0.15) is 0 Å². The summed E-state index contributed by atoms with van der Waals surface area (Å²) in [5.41, 5.74) is 1.29. The molecule has 2 saturated heterocycles. The highest BCUT2D eigenvalue weighted by Crippen LogP contribution is 2.21. The van der Waals surface area contributed by atoms with Crippen molar-refractivity contribution in [2.75, 3.05) is 19.6 Å². The van der Waals surface area contributed by atoms with E-state index in [1.54, 1.807) is 17.0 Å². The minimum Gasteiger partial charge on any atom is -0.459 e. The van der Waals surface area contributed by atoms with Crippen molar-refractivity contribution >= 4 is 11.8 Å². The number of furan rings is 1. The molecule has 1 aromatic heterocycles. The van der Waals surface area contributed by atoms with Gasteiger partial charge in [0.25, 0.3) is 5.91 Å². The van der Waals surface area contributed by atoms with E-state index in [9.17, 15) is 9.59 Å². The Morgan fingerprint density at radius 1 is 1.07 bits per heavy atom. The van der Waals surface area contributed by atoms with Gasteiger partial charge in [0.2, 0.25) is 5.91 Å². The molecule has 6 nitrogen and oxygen atoms in total. The van der Waals surface area contributed by atoms with Crippen LogP contribution in [0.5, 0.6) is 0 Å². The molecule has 0 saturated carbocycles. The third-order valence-corrected chi connectivity index (χ3v) is 5.42. The summed E-state index contributed by atoms with van der Waals surface area (Å²) < 4.78 is 5.21. The molecule has 2 fully saturated rings. The predicted octanol–water partition coefficient (Wildman–Crippen LogP) is 2.27. The van der Waals surface area contributed by atoms with E-state index in [1.165, 1.54) is 11.8 Å². The summed E-state index contributed by atoms with van der Waals surface area (Å²) in [7, 11) is 0. The molecule has 2 amide bonds. The molecule has 2 unspecified atom stereocenters. The molecule has 27 heavy (non-hydrogen) atoms. The number of nitrogens with zero attached hydrogens (tertiary/aromatic N) is 2. The number of likely N-dealkylation sites (tertiary alicyclic amines) is 2. The number of carbonyl (C=O) groups excluding carboxylic acids is 2. The van der Waals surface area contributed by atoms with Crippen LogP contribution in [-0.2, 0) is 11.3 Å². The van der Waals surface area contributed by atoms with Crippen LogP contribution in [0.15, 0.2) is 53.1 Å². The van der Waals surface area contributed by atoms with Crippen LogP contribution in [0.4, 0.5) is 0 Å². The molecule has 3 heterocycles. The Kier molecular flexibility index (Phi) is 5.25. The van der Waals surface area contributed by atoms with E-state index in [0.717, 1.165) is 32.5 Å². The Balaban J connectivity index is 1.32. The molecule has 1 aromatic carbocycles. The number of rotatable bonds is 5. The first-order valence-electron chi connectivity index (χ1n) is 9.62. The van der Waals surface area contributed by atoms with Crippen molar-refractivity contribution in [2.45, 2.75) is 37.9 Å². The third-order valence-electron chi connectivity index (χ3n) is 5.42. The van der Waals surface area contributed by atoms with Crippen LogP contribution >= 0.6 is 0 Å². The number of amides is 2. The van der Waals surface area contributed by atoms with Gasteiger partial charge in [-0.05, 0) is 37.0 Å². The largest absolute Gasteiger partial charge is 0.459 e. The second-order valence-corrected chi connectivity index (χ2v) is 7.35. The van der Waals surface area contributed by atoms with Crippen molar-refractivity contribution in [3.63, 3.8) is 0 Å². The standard InChI is InChI=1S/C21H25N3O3/c25-20(18-8-4-11-24(18)21(26)19-9-5-13-27-19)22-17-10-12-23(15-17)14-16-6-2-1-3-7-16/h1-3,5-7,9,13,17-18H,4,8,10-12,14-15H2,(H,22,25). The van der Waals surface area contributed by atoms with Gasteiger partial charge < -0.3 is 14.6 Å². The van der Waals surface area contributed by atoms with Gasteiger partial charge in [0.05, 0.1) is 6.26 Å². The lowest BCUT2D eigenvalue weighted by Gasteiger charge is -2.25. The fourth-order valence-corrected chi connectivity index (χ4v) is 4.06.